The van der Waals surface area contributed by atoms with Crippen molar-refractivity contribution in [1.29, 1.82) is 0 Å². The SMILES string of the molecule is COC[C@@H]1C(C(=O)O)CCN1c1cccc(-c2cccc(Cl)c2OCc2cc(C)c3c(c2)CCN(C2CCOCC2)C3)n1. The number of pyridine rings is 1. The summed E-state index contributed by atoms with van der Waals surface area (Å²) in [4.78, 5) is 21.5. The summed E-state index contributed by atoms with van der Waals surface area (Å²) in [6, 6.07) is 16.4. The Morgan fingerprint density at radius 2 is 1.93 bits per heavy atom. The number of methoxy groups -OCH3 is 1. The number of anilines is 1. The number of nitrogens with zero attached hydrogens (tertiary/aromatic N) is 3. The van der Waals surface area contributed by atoms with Crippen LogP contribution in [0.1, 0.15) is 41.5 Å². The highest BCUT2D eigenvalue weighted by Gasteiger charge is 2.39. The van der Waals surface area contributed by atoms with Crippen molar-refractivity contribution in [2.45, 2.75) is 57.8 Å². The molecule has 0 spiro atoms. The minimum atomic E-state index is -0.805. The van der Waals surface area contributed by atoms with E-state index < -0.39 is 11.9 Å². The molecule has 0 saturated carbocycles. The van der Waals surface area contributed by atoms with Crippen LogP contribution in [0.2, 0.25) is 5.02 Å². The van der Waals surface area contributed by atoms with Crippen molar-refractivity contribution < 1.29 is 24.1 Å². The van der Waals surface area contributed by atoms with Gasteiger partial charge < -0.3 is 24.2 Å². The number of hydrogen-bond donors (Lipinski definition) is 1. The highest BCUT2D eigenvalue weighted by atomic mass is 35.5. The Hall–Kier alpha value is -3.17. The van der Waals surface area contributed by atoms with Crippen LogP contribution in [-0.4, -0.2) is 73.1 Å². The summed E-state index contributed by atoms with van der Waals surface area (Å²) in [7, 11) is 1.60. The molecule has 4 heterocycles. The molecular weight excluding hydrogens is 566 g/mol. The van der Waals surface area contributed by atoms with Gasteiger partial charge in [0.15, 0.2) is 0 Å². The van der Waals surface area contributed by atoms with Crippen molar-refractivity contribution >= 4 is 23.4 Å². The molecule has 1 unspecified atom stereocenters. The Morgan fingerprint density at radius 3 is 2.72 bits per heavy atom. The summed E-state index contributed by atoms with van der Waals surface area (Å²) in [5, 5.41) is 10.3. The van der Waals surface area contributed by atoms with Gasteiger partial charge in [-0.1, -0.05) is 35.9 Å². The molecule has 6 rings (SSSR count). The van der Waals surface area contributed by atoms with Crippen molar-refractivity contribution in [2.24, 2.45) is 5.92 Å². The number of carboxylic acids is 1. The first-order valence-electron chi connectivity index (χ1n) is 15.2. The summed E-state index contributed by atoms with van der Waals surface area (Å²) >= 11 is 6.71. The lowest BCUT2D eigenvalue weighted by molar-refractivity contribution is -0.142. The van der Waals surface area contributed by atoms with E-state index >= 15 is 0 Å². The van der Waals surface area contributed by atoms with Gasteiger partial charge in [0.1, 0.15) is 18.2 Å². The summed E-state index contributed by atoms with van der Waals surface area (Å²) in [5.41, 5.74) is 6.81. The van der Waals surface area contributed by atoms with Crippen LogP contribution in [0.5, 0.6) is 5.75 Å². The third kappa shape index (κ3) is 6.38. The molecule has 43 heavy (non-hydrogen) atoms. The van der Waals surface area contributed by atoms with Crippen LogP contribution >= 0.6 is 11.6 Å². The third-order valence-corrected chi connectivity index (χ3v) is 9.51. The van der Waals surface area contributed by atoms with Crippen molar-refractivity contribution in [1.82, 2.24) is 9.88 Å². The van der Waals surface area contributed by atoms with E-state index in [1.165, 1.54) is 16.7 Å². The number of hydrogen-bond acceptors (Lipinski definition) is 7. The van der Waals surface area contributed by atoms with E-state index in [1.54, 1.807) is 7.11 Å². The predicted molar refractivity (Wildman–Crippen MR) is 167 cm³/mol. The van der Waals surface area contributed by atoms with Crippen LogP contribution in [-0.2, 0) is 33.8 Å². The first kappa shape index (κ1) is 29.9. The van der Waals surface area contributed by atoms with Crippen molar-refractivity contribution in [3.05, 3.63) is 75.8 Å². The Morgan fingerprint density at radius 1 is 1.12 bits per heavy atom. The molecule has 0 radical (unpaired) electrons. The Bertz CT molecular complexity index is 1460. The second-order valence-electron chi connectivity index (χ2n) is 11.9. The fraction of sp³-hybridized carbons (Fsp3) is 0.471. The first-order chi connectivity index (χ1) is 20.9. The zero-order chi connectivity index (χ0) is 29.9. The van der Waals surface area contributed by atoms with Gasteiger partial charge in [-0.3, -0.25) is 9.69 Å². The summed E-state index contributed by atoms with van der Waals surface area (Å²) in [6.07, 6.45) is 3.83. The Balaban J connectivity index is 1.21. The number of halogens is 1. The molecule has 1 aromatic heterocycles. The molecule has 3 aliphatic rings. The number of carbonyl (C=O) groups is 1. The molecule has 3 aliphatic heterocycles. The maximum absolute atomic E-state index is 11.9. The van der Waals surface area contributed by atoms with Gasteiger partial charge in [0.05, 0.1) is 29.3 Å². The van der Waals surface area contributed by atoms with Gasteiger partial charge in [-0.05, 0) is 79.1 Å². The van der Waals surface area contributed by atoms with Gasteiger partial charge in [0, 0.05) is 51.6 Å². The number of para-hydroxylation sites is 1. The van der Waals surface area contributed by atoms with Crippen molar-refractivity contribution in [3.63, 3.8) is 0 Å². The number of fused-ring (bicyclic) bond motifs is 1. The molecule has 9 heteroatoms. The lowest BCUT2D eigenvalue weighted by atomic mass is 9.91. The summed E-state index contributed by atoms with van der Waals surface area (Å²) < 4.78 is 17.4. The molecule has 0 amide bonds. The van der Waals surface area contributed by atoms with Gasteiger partial charge in [-0.25, -0.2) is 4.98 Å². The zero-order valence-electron chi connectivity index (χ0n) is 24.9. The van der Waals surface area contributed by atoms with E-state index in [4.69, 9.17) is 30.8 Å². The highest BCUT2D eigenvalue weighted by Crippen LogP contribution is 2.38. The quantitative estimate of drug-likeness (QED) is 0.330. The van der Waals surface area contributed by atoms with E-state index in [0.717, 1.165) is 62.4 Å². The number of benzene rings is 2. The summed E-state index contributed by atoms with van der Waals surface area (Å²) in [5.74, 6) is 0.00302. The Kier molecular flexibility index (Phi) is 9.19. The highest BCUT2D eigenvalue weighted by molar-refractivity contribution is 6.32. The van der Waals surface area contributed by atoms with Crippen molar-refractivity contribution in [3.8, 4) is 17.0 Å². The van der Waals surface area contributed by atoms with Gasteiger partial charge in [0.2, 0.25) is 0 Å². The molecular formula is C34H40ClN3O5. The Labute approximate surface area is 258 Å². The fourth-order valence-electron chi connectivity index (χ4n) is 6.96. The summed E-state index contributed by atoms with van der Waals surface area (Å²) in [6.45, 7) is 7.34. The van der Waals surface area contributed by atoms with Crippen LogP contribution in [0.4, 0.5) is 5.82 Å². The zero-order valence-corrected chi connectivity index (χ0v) is 25.7. The number of aromatic nitrogens is 1. The topological polar surface area (TPSA) is 84.4 Å². The largest absolute Gasteiger partial charge is 0.487 e. The van der Waals surface area contributed by atoms with Crippen LogP contribution in [0.15, 0.2) is 48.5 Å². The maximum atomic E-state index is 11.9. The molecule has 2 fully saturated rings. The standard InChI is InChI=1S/C34H40ClN3O5/c1-22-17-23(18-24-9-13-37(19-28(22)24)25-11-15-42-16-12-25)20-43-33-26(5-3-6-29(33)35)30-7-4-8-32(36-30)38-14-10-27(34(39)40)31(38)21-41-2/h3-8,17-18,25,27,31H,9-16,19-21H2,1-2H3,(H,39,40)/t27?,31-/m1/s1. The maximum Gasteiger partial charge on any atom is 0.308 e. The number of aliphatic carboxylic acids is 1. The first-order valence-corrected chi connectivity index (χ1v) is 15.6. The van der Waals surface area contributed by atoms with Crippen molar-refractivity contribution in [2.75, 3.05) is 44.9 Å². The van der Waals surface area contributed by atoms with E-state index in [-0.39, 0.29) is 6.04 Å². The van der Waals surface area contributed by atoms with Crippen LogP contribution in [0.3, 0.4) is 0 Å². The molecule has 2 atom stereocenters. The van der Waals surface area contributed by atoms with Gasteiger partial charge in [-0.15, -0.1) is 0 Å². The number of rotatable bonds is 9. The molecule has 0 bridgehead atoms. The lowest BCUT2D eigenvalue weighted by Gasteiger charge is -2.38. The van der Waals surface area contributed by atoms with Crippen LogP contribution < -0.4 is 9.64 Å². The molecule has 8 nitrogen and oxygen atoms in total. The van der Waals surface area contributed by atoms with Crippen LogP contribution in [0, 0.1) is 12.8 Å². The molecule has 1 N–H and O–H groups in total. The smallest absolute Gasteiger partial charge is 0.308 e. The average molecular weight is 606 g/mol. The normalized spacial score (nSPS) is 21.1. The van der Waals surface area contributed by atoms with Crippen LogP contribution in [0.25, 0.3) is 11.3 Å². The second-order valence-corrected chi connectivity index (χ2v) is 12.3. The van der Waals surface area contributed by atoms with E-state index in [2.05, 4.69) is 24.0 Å². The van der Waals surface area contributed by atoms with Gasteiger partial charge in [0.25, 0.3) is 0 Å². The molecule has 0 aliphatic carbocycles. The minimum Gasteiger partial charge on any atom is -0.487 e. The molecule has 228 valence electrons. The number of aryl methyl sites for hydroxylation is 1. The van der Waals surface area contributed by atoms with Gasteiger partial charge >= 0.3 is 5.97 Å². The predicted octanol–water partition coefficient (Wildman–Crippen LogP) is 5.75. The monoisotopic (exact) mass is 605 g/mol. The number of carboxylic acid groups (broad SMARTS) is 1. The van der Waals surface area contributed by atoms with E-state index in [9.17, 15) is 9.90 Å². The van der Waals surface area contributed by atoms with E-state index in [0.29, 0.717) is 48.8 Å². The number of ether oxygens (including phenoxy) is 3. The second kappa shape index (κ2) is 13.2. The minimum absolute atomic E-state index is 0.281. The lowest BCUT2D eigenvalue weighted by Crippen LogP contribution is -2.42. The third-order valence-electron chi connectivity index (χ3n) is 9.22. The fourth-order valence-corrected chi connectivity index (χ4v) is 7.19. The molecule has 2 saturated heterocycles. The van der Waals surface area contributed by atoms with Gasteiger partial charge in [-0.2, -0.15) is 0 Å². The van der Waals surface area contributed by atoms with E-state index in [1.807, 2.05) is 41.3 Å². The molecule has 2 aromatic carbocycles. The molecule has 3 aromatic rings. The average Bonchev–Trinajstić information content (AvgIpc) is 3.45.